The van der Waals surface area contributed by atoms with Crippen molar-refractivity contribution >= 4 is 32.5 Å². The van der Waals surface area contributed by atoms with E-state index in [0.717, 1.165) is 0 Å². The molecule has 0 aliphatic heterocycles. The molecule has 0 saturated heterocycles. The van der Waals surface area contributed by atoms with Gasteiger partial charge in [0.25, 0.3) is 0 Å². The van der Waals surface area contributed by atoms with Gasteiger partial charge in [-0.1, -0.05) is 11.6 Å². The van der Waals surface area contributed by atoms with Crippen molar-refractivity contribution in [3.05, 3.63) is 35.5 Å². The van der Waals surface area contributed by atoms with Crippen LogP contribution in [0.2, 0.25) is 5.15 Å². The highest BCUT2D eigenvalue weighted by Gasteiger charge is 2.15. The first-order valence-corrected chi connectivity index (χ1v) is 7.48. The number of aliphatic hydroxyl groups excluding tert-OH is 1. The molecule has 1 aromatic heterocycles. The molecule has 1 aromatic carbocycles. The van der Waals surface area contributed by atoms with Crippen LogP contribution in [0, 0.1) is 0 Å². The Kier molecular flexibility index (Phi) is 4.05. The number of halogens is 1. The molecule has 19 heavy (non-hydrogen) atoms. The minimum Gasteiger partial charge on any atom is -0.392 e. The number of rotatable bonds is 4. The SMILES string of the molecule is C[C@H](O)CNS(=O)(=O)c1ccc2nc(Cl)ccc2c1. The molecule has 102 valence electrons. The van der Waals surface area contributed by atoms with Crippen molar-refractivity contribution in [3.63, 3.8) is 0 Å². The zero-order valence-corrected chi connectivity index (χ0v) is 11.7. The molecule has 0 spiro atoms. The van der Waals surface area contributed by atoms with Gasteiger partial charge in [0.15, 0.2) is 0 Å². The van der Waals surface area contributed by atoms with Crippen LogP contribution >= 0.6 is 11.6 Å². The number of sulfonamides is 1. The lowest BCUT2D eigenvalue weighted by Gasteiger charge is -2.09. The summed E-state index contributed by atoms with van der Waals surface area (Å²) < 4.78 is 26.3. The van der Waals surface area contributed by atoms with E-state index in [1.165, 1.54) is 19.1 Å². The summed E-state index contributed by atoms with van der Waals surface area (Å²) in [4.78, 5) is 4.21. The number of nitrogens with zero attached hydrogens (tertiary/aromatic N) is 1. The van der Waals surface area contributed by atoms with Gasteiger partial charge in [-0.2, -0.15) is 0 Å². The van der Waals surface area contributed by atoms with Crippen LogP contribution < -0.4 is 4.72 Å². The van der Waals surface area contributed by atoms with Gasteiger partial charge >= 0.3 is 0 Å². The van der Waals surface area contributed by atoms with Crippen molar-refractivity contribution < 1.29 is 13.5 Å². The highest BCUT2D eigenvalue weighted by Crippen LogP contribution is 2.19. The molecule has 7 heteroatoms. The minimum absolute atomic E-state index is 0.0285. The third kappa shape index (κ3) is 3.42. The normalized spacial score (nSPS) is 13.6. The molecule has 0 aliphatic carbocycles. The average Bonchev–Trinajstić information content (AvgIpc) is 2.36. The van der Waals surface area contributed by atoms with Gasteiger partial charge in [0.05, 0.1) is 16.5 Å². The fourth-order valence-corrected chi connectivity index (χ4v) is 2.87. The molecule has 0 aliphatic rings. The average molecular weight is 301 g/mol. The van der Waals surface area contributed by atoms with Crippen molar-refractivity contribution in [2.75, 3.05) is 6.54 Å². The van der Waals surface area contributed by atoms with Crippen LogP contribution in [0.25, 0.3) is 10.9 Å². The summed E-state index contributed by atoms with van der Waals surface area (Å²) in [5.41, 5.74) is 0.627. The predicted octanol–water partition coefficient (Wildman–Crippen LogP) is 1.55. The molecular formula is C12H13ClN2O3S. The molecule has 1 heterocycles. The summed E-state index contributed by atoms with van der Waals surface area (Å²) >= 11 is 5.76. The standard InChI is InChI=1S/C12H13ClN2O3S/c1-8(16)7-14-19(17,18)10-3-4-11-9(6-10)2-5-12(13)15-11/h2-6,8,14,16H,7H2,1H3/t8-/m0/s1. The Labute approximate surface area is 116 Å². The predicted molar refractivity (Wildman–Crippen MR) is 73.6 cm³/mol. The van der Waals surface area contributed by atoms with Crippen LogP contribution in [0.1, 0.15) is 6.92 Å². The van der Waals surface area contributed by atoms with E-state index in [1.54, 1.807) is 18.2 Å². The summed E-state index contributed by atoms with van der Waals surface area (Å²) in [6.45, 7) is 1.48. The van der Waals surface area contributed by atoms with E-state index in [0.29, 0.717) is 16.1 Å². The molecule has 0 unspecified atom stereocenters. The molecule has 5 nitrogen and oxygen atoms in total. The Balaban J connectivity index is 2.38. The van der Waals surface area contributed by atoms with Gasteiger partial charge in [0.1, 0.15) is 5.15 Å². The van der Waals surface area contributed by atoms with Gasteiger partial charge in [-0.15, -0.1) is 0 Å². The fraction of sp³-hybridized carbons (Fsp3) is 0.250. The Morgan fingerprint density at radius 3 is 2.79 bits per heavy atom. The lowest BCUT2D eigenvalue weighted by Crippen LogP contribution is -2.30. The molecule has 1 atom stereocenters. The maximum absolute atomic E-state index is 12.0. The largest absolute Gasteiger partial charge is 0.392 e. The summed E-state index contributed by atoms with van der Waals surface area (Å²) in [5, 5.41) is 10.2. The first kappa shape index (κ1) is 14.2. The smallest absolute Gasteiger partial charge is 0.240 e. The fourth-order valence-electron chi connectivity index (χ4n) is 1.56. The number of aliphatic hydroxyl groups is 1. The summed E-state index contributed by atoms with van der Waals surface area (Å²) in [6, 6.07) is 7.87. The molecule has 0 amide bonds. The lowest BCUT2D eigenvalue weighted by atomic mass is 10.2. The van der Waals surface area contributed by atoms with E-state index in [9.17, 15) is 8.42 Å². The Morgan fingerprint density at radius 1 is 1.37 bits per heavy atom. The first-order valence-electron chi connectivity index (χ1n) is 5.62. The van der Waals surface area contributed by atoms with Crippen LogP contribution in [0.3, 0.4) is 0 Å². The van der Waals surface area contributed by atoms with E-state index in [1.807, 2.05) is 0 Å². The number of nitrogens with one attached hydrogen (secondary N) is 1. The van der Waals surface area contributed by atoms with Gasteiger partial charge < -0.3 is 5.11 Å². The van der Waals surface area contributed by atoms with Crippen LogP contribution in [-0.2, 0) is 10.0 Å². The summed E-state index contributed by atoms with van der Waals surface area (Å²) in [6.07, 6.45) is -0.740. The maximum Gasteiger partial charge on any atom is 0.240 e. The highest BCUT2D eigenvalue weighted by atomic mass is 35.5. The minimum atomic E-state index is -3.63. The second kappa shape index (κ2) is 5.42. The Bertz CT molecular complexity index is 701. The molecule has 0 fully saturated rings. The van der Waals surface area contributed by atoms with Gasteiger partial charge in [-0.25, -0.2) is 18.1 Å². The number of aromatic nitrogens is 1. The molecule has 2 rings (SSSR count). The number of fused-ring (bicyclic) bond motifs is 1. The Morgan fingerprint density at radius 2 is 2.11 bits per heavy atom. The van der Waals surface area contributed by atoms with E-state index in [-0.39, 0.29) is 11.4 Å². The zero-order valence-electron chi connectivity index (χ0n) is 10.2. The molecule has 0 radical (unpaired) electrons. The van der Waals surface area contributed by atoms with Crippen LogP contribution in [-0.4, -0.2) is 31.2 Å². The van der Waals surface area contributed by atoms with Gasteiger partial charge in [-0.05, 0) is 37.3 Å². The number of pyridine rings is 1. The molecule has 2 aromatic rings. The molecule has 0 bridgehead atoms. The van der Waals surface area contributed by atoms with E-state index < -0.39 is 16.1 Å². The maximum atomic E-state index is 12.0. The Hall–Kier alpha value is -1.21. The summed E-state index contributed by atoms with van der Waals surface area (Å²) in [7, 11) is -3.63. The van der Waals surface area contributed by atoms with E-state index in [2.05, 4.69) is 9.71 Å². The van der Waals surface area contributed by atoms with Crippen LogP contribution in [0.5, 0.6) is 0 Å². The van der Waals surface area contributed by atoms with Crippen molar-refractivity contribution in [3.8, 4) is 0 Å². The van der Waals surface area contributed by atoms with Crippen LogP contribution in [0.15, 0.2) is 35.2 Å². The topological polar surface area (TPSA) is 79.3 Å². The van der Waals surface area contributed by atoms with Crippen molar-refractivity contribution in [1.82, 2.24) is 9.71 Å². The quantitative estimate of drug-likeness (QED) is 0.840. The lowest BCUT2D eigenvalue weighted by molar-refractivity contribution is 0.198. The van der Waals surface area contributed by atoms with Gasteiger partial charge in [0, 0.05) is 11.9 Å². The second-order valence-corrected chi connectivity index (χ2v) is 6.34. The number of hydrogen-bond acceptors (Lipinski definition) is 4. The van der Waals surface area contributed by atoms with Crippen molar-refractivity contribution in [1.29, 1.82) is 0 Å². The molecular weight excluding hydrogens is 288 g/mol. The first-order chi connectivity index (χ1) is 8.88. The zero-order chi connectivity index (χ0) is 14.0. The van der Waals surface area contributed by atoms with Crippen molar-refractivity contribution in [2.45, 2.75) is 17.9 Å². The number of benzene rings is 1. The number of hydrogen-bond donors (Lipinski definition) is 2. The molecule has 0 saturated carbocycles. The third-order valence-electron chi connectivity index (χ3n) is 2.51. The van der Waals surface area contributed by atoms with Crippen molar-refractivity contribution in [2.24, 2.45) is 0 Å². The highest BCUT2D eigenvalue weighted by molar-refractivity contribution is 7.89. The monoisotopic (exact) mass is 300 g/mol. The second-order valence-electron chi connectivity index (χ2n) is 4.19. The third-order valence-corrected chi connectivity index (χ3v) is 4.14. The van der Waals surface area contributed by atoms with Gasteiger partial charge in [0.2, 0.25) is 10.0 Å². The van der Waals surface area contributed by atoms with E-state index >= 15 is 0 Å². The van der Waals surface area contributed by atoms with Gasteiger partial charge in [-0.3, -0.25) is 0 Å². The molecule has 2 N–H and O–H groups in total. The summed E-state index contributed by atoms with van der Waals surface area (Å²) in [5.74, 6) is 0. The van der Waals surface area contributed by atoms with Crippen LogP contribution in [0.4, 0.5) is 0 Å². The van der Waals surface area contributed by atoms with E-state index in [4.69, 9.17) is 16.7 Å².